The number of carbonyl (C=O) groups is 1. The number of aromatic nitrogens is 2. The van der Waals surface area contributed by atoms with Gasteiger partial charge in [-0.15, -0.1) is 0 Å². The molecule has 1 amide bonds. The Morgan fingerprint density at radius 1 is 1.44 bits per heavy atom. The van der Waals surface area contributed by atoms with Crippen LogP contribution in [0.5, 0.6) is 0 Å². The molecular weight excluding hydrogens is 272 g/mol. The van der Waals surface area contributed by atoms with Crippen molar-refractivity contribution >= 4 is 27.7 Å². The first-order valence-corrected chi connectivity index (χ1v) is 5.79. The van der Waals surface area contributed by atoms with Crippen LogP contribution in [0.2, 0.25) is 0 Å². The number of halogens is 1. The van der Waals surface area contributed by atoms with Crippen molar-refractivity contribution in [1.82, 2.24) is 9.97 Å². The molecule has 1 aromatic rings. The zero-order valence-electron chi connectivity index (χ0n) is 9.49. The van der Waals surface area contributed by atoms with Gasteiger partial charge in [0.2, 0.25) is 5.91 Å². The van der Waals surface area contributed by atoms with Gasteiger partial charge in [0, 0.05) is 12.0 Å². The van der Waals surface area contributed by atoms with Crippen molar-refractivity contribution in [3.63, 3.8) is 0 Å². The van der Waals surface area contributed by atoms with Crippen molar-refractivity contribution in [3.05, 3.63) is 16.5 Å². The van der Waals surface area contributed by atoms with E-state index in [1.807, 2.05) is 13.8 Å². The minimum absolute atomic E-state index is 0.224. The van der Waals surface area contributed by atoms with E-state index >= 15 is 0 Å². The van der Waals surface area contributed by atoms with Crippen LogP contribution in [0.1, 0.15) is 32.5 Å². The fourth-order valence-electron chi connectivity index (χ4n) is 1.06. The van der Waals surface area contributed by atoms with Gasteiger partial charge in [0.05, 0.1) is 0 Å². The van der Waals surface area contributed by atoms with Gasteiger partial charge in [-0.2, -0.15) is 0 Å². The predicted molar refractivity (Wildman–Crippen MR) is 66.1 cm³/mol. The molecule has 0 bridgehead atoms. The maximum atomic E-state index is 10.9. The Morgan fingerprint density at radius 3 is 2.56 bits per heavy atom. The van der Waals surface area contributed by atoms with E-state index in [9.17, 15) is 4.79 Å². The number of nitrogens with one attached hydrogen (secondary N) is 1. The largest absolute Gasteiger partial charge is 0.368 e. The number of anilines is 1. The summed E-state index contributed by atoms with van der Waals surface area (Å²) in [6.07, 6.45) is 0. The number of rotatable bonds is 4. The Hall–Kier alpha value is -1.17. The van der Waals surface area contributed by atoms with Gasteiger partial charge in [0.15, 0.2) is 0 Å². The molecule has 16 heavy (non-hydrogen) atoms. The van der Waals surface area contributed by atoms with Gasteiger partial charge in [-0.1, -0.05) is 13.8 Å². The summed E-state index contributed by atoms with van der Waals surface area (Å²) in [4.78, 5) is 19.4. The third-order valence-corrected chi connectivity index (χ3v) is 2.43. The first-order valence-electron chi connectivity index (χ1n) is 5.00. The Labute approximate surface area is 103 Å². The second-order valence-electron chi connectivity index (χ2n) is 3.86. The van der Waals surface area contributed by atoms with E-state index < -0.39 is 11.9 Å². The highest BCUT2D eigenvalue weighted by atomic mass is 79.9. The maximum Gasteiger partial charge on any atom is 0.239 e. The molecule has 0 saturated heterocycles. The summed E-state index contributed by atoms with van der Waals surface area (Å²) in [6.45, 7) is 5.69. The molecule has 5 nitrogen and oxygen atoms in total. The van der Waals surface area contributed by atoms with Gasteiger partial charge in [-0.05, 0) is 22.9 Å². The first kappa shape index (κ1) is 12.9. The van der Waals surface area contributed by atoms with Gasteiger partial charge < -0.3 is 11.1 Å². The highest BCUT2D eigenvalue weighted by Crippen LogP contribution is 2.17. The van der Waals surface area contributed by atoms with Crippen LogP contribution in [0, 0.1) is 0 Å². The zero-order chi connectivity index (χ0) is 12.3. The summed E-state index contributed by atoms with van der Waals surface area (Å²) >= 11 is 3.30. The molecule has 0 aliphatic heterocycles. The average Bonchev–Trinajstić information content (AvgIpc) is 2.16. The normalized spacial score (nSPS) is 12.6. The third kappa shape index (κ3) is 3.44. The number of nitrogens with two attached hydrogens (primary N) is 1. The first-order chi connectivity index (χ1) is 7.40. The lowest BCUT2D eigenvalue weighted by Gasteiger charge is -2.12. The molecule has 0 saturated carbocycles. The van der Waals surface area contributed by atoms with E-state index in [1.165, 1.54) is 0 Å². The van der Waals surface area contributed by atoms with Crippen LogP contribution >= 0.6 is 15.9 Å². The number of amides is 1. The SMILES string of the molecule is CC(Nc1cc(Br)nc(C(C)C)n1)C(N)=O. The van der Waals surface area contributed by atoms with E-state index in [0.29, 0.717) is 16.2 Å². The highest BCUT2D eigenvalue weighted by Gasteiger charge is 2.11. The van der Waals surface area contributed by atoms with Crippen molar-refractivity contribution in [2.45, 2.75) is 32.7 Å². The highest BCUT2D eigenvalue weighted by molar-refractivity contribution is 9.10. The second kappa shape index (κ2) is 5.25. The fourth-order valence-corrected chi connectivity index (χ4v) is 1.46. The quantitative estimate of drug-likeness (QED) is 0.825. The molecule has 6 heteroatoms. The van der Waals surface area contributed by atoms with Crippen LogP contribution in [0.4, 0.5) is 5.82 Å². The summed E-state index contributed by atoms with van der Waals surface area (Å²) in [7, 11) is 0. The average molecular weight is 287 g/mol. The Bertz CT molecular complexity index is 394. The molecule has 88 valence electrons. The summed E-state index contributed by atoms with van der Waals surface area (Å²) in [5.74, 6) is 1.12. The van der Waals surface area contributed by atoms with Gasteiger partial charge in [-0.25, -0.2) is 9.97 Å². The number of nitrogens with zero attached hydrogens (tertiary/aromatic N) is 2. The molecular formula is C10H15BrN4O. The third-order valence-electron chi connectivity index (χ3n) is 2.02. The van der Waals surface area contributed by atoms with Crippen molar-refractivity contribution < 1.29 is 4.79 Å². The number of primary amides is 1. The summed E-state index contributed by atoms with van der Waals surface area (Å²) < 4.78 is 0.686. The molecule has 0 radical (unpaired) electrons. The van der Waals surface area contributed by atoms with E-state index in [1.54, 1.807) is 13.0 Å². The molecule has 0 aromatic carbocycles. The molecule has 1 unspecified atom stereocenters. The van der Waals surface area contributed by atoms with Crippen LogP contribution in [0.15, 0.2) is 10.7 Å². The minimum atomic E-state index is -0.457. The second-order valence-corrected chi connectivity index (χ2v) is 4.67. The topological polar surface area (TPSA) is 80.9 Å². The zero-order valence-corrected chi connectivity index (χ0v) is 11.1. The van der Waals surface area contributed by atoms with Gasteiger partial charge in [0.1, 0.15) is 22.3 Å². The van der Waals surface area contributed by atoms with Gasteiger partial charge in [0.25, 0.3) is 0 Å². The van der Waals surface area contributed by atoms with E-state index in [2.05, 4.69) is 31.2 Å². The van der Waals surface area contributed by atoms with Crippen molar-refractivity contribution in [2.75, 3.05) is 5.32 Å². The van der Waals surface area contributed by atoms with Crippen molar-refractivity contribution in [1.29, 1.82) is 0 Å². The van der Waals surface area contributed by atoms with Crippen LogP contribution in [-0.4, -0.2) is 21.9 Å². The molecule has 0 spiro atoms. The number of hydrogen-bond acceptors (Lipinski definition) is 4. The standard InChI is InChI=1S/C10H15BrN4O/c1-5(2)10-14-7(11)4-8(15-10)13-6(3)9(12)16/h4-6H,1-3H3,(H2,12,16)(H,13,14,15). The maximum absolute atomic E-state index is 10.9. The molecule has 3 N–H and O–H groups in total. The fraction of sp³-hybridized carbons (Fsp3) is 0.500. The Morgan fingerprint density at radius 2 is 2.06 bits per heavy atom. The molecule has 1 heterocycles. The molecule has 0 aliphatic rings. The Balaban J connectivity index is 2.92. The van der Waals surface area contributed by atoms with Crippen LogP contribution in [-0.2, 0) is 4.79 Å². The molecule has 0 fully saturated rings. The van der Waals surface area contributed by atoms with Gasteiger partial charge in [-0.3, -0.25) is 4.79 Å². The number of hydrogen-bond donors (Lipinski definition) is 2. The lowest BCUT2D eigenvalue weighted by Crippen LogP contribution is -2.32. The molecule has 1 rings (SSSR count). The molecule has 1 atom stereocenters. The minimum Gasteiger partial charge on any atom is -0.368 e. The van der Waals surface area contributed by atoms with E-state index in [0.717, 1.165) is 0 Å². The van der Waals surface area contributed by atoms with Crippen LogP contribution in [0.25, 0.3) is 0 Å². The molecule has 0 aliphatic carbocycles. The summed E-state index contributed by atoms with van der Waals surface area (Å²) in [5.41, 5.74) is 5.16. The number of carbonyl (C=O) groups excluding carboxylic acids is 1. The van der Waals surface area contributed by atoms with Crippen molar-refractivity contribution in [2.24, 2.45) is 5.73 Å². The lowest BCUT2D eigenvalue weighted by atomic mass is 10.2. The predicted octanol–water partition coefficient (Wildman–Crippen LogP) is 1.65. The molecule has 1 aromatic heterocycles. The van der Waals surface area contributed by atoms with Crippen LogP contribution in [0.3, 0.4) is 0 Å². The van der Waals surface area contributed by atoms with Crippen molar-refractivity contribution in [3.8, 4) is 0 Å². The lowest BCUT2D eigenvalue weighted by molar-refractivity contribution is -0.118. The summed E-state index contributed by atoms with van der Waals surface area (Å²) in [6, 6.07) is 1.26. The summed E-state index contributed by atoms with van der Waals surface area (Å²) in [5, 5.41) is 2.92. The Kier molecular flexibility index (Phi) is 4.23. The van der Waals surface area contributed by atoms with E-state index in [-0.39, 0.29) is 5.92 Å². The smallest absolute Gasteiger partial charge is 0.239 e. The van der Waals surface area contributed by atoms with Crippen LogP contribution < -0.4 is 11.1 Å². The van der Waals surface area contributed by atoms with E-state index in [4.69, 9.17) is 5.73 Å². The van der Waals surface area contributed by atoms with Gasteiger partial charge >= 0.3 is 0 Å². The monoisotopic (exact) mass is 286 g/mol.